The Balaban J connectivity index is 1.72. The van der Waals surface area contributed by atoms with E-state index in [2.05, 4.69) is 21.2 Å². The first-order valence-electron chi connectivity index (χ1n) is 6.32. The van der Waals surface area contributed by atoms with Crippen molar-refractivity contribution in [2.45, 2.75) is 18.9 Å². The largest absolute Gasteiger partial charge is 0.451 e. The molecule has 2 aromatic rings. The average molecular weight is 324 g/mol. The van der Waals surface area contributed by atoms with Crippen LogP contribution in [0.4, 0.5) is 0 Å². The number of halogens is 1. The molecule has 1 fully saturated rings. The van der Waals surface area contributed by atoms with E-state index in [-0.39, 0.29) is 12.0 Å². The van der Waals surface area contributed by atoms with Gasteiger partial charge >= 0.3 is 0 Å². The van der Waals surface area contributed by atoms with Crippen LogP contribution in [0.15, 0.2) is 33.2 Å². The van der Waals surface area contributed by atoms with E-state index in [1.807, 2.05) is 18.2 Å². The number of benzene rings is 1. The first-order chi connectivity index (χ1) is 9.24. The molecular formula is C14H14BrNO3. The molecule has 1 aliphatic rings. The average Bonchev–Trinajstić information content (AvgIpc) is 3.05. The molecule has 1 aromatic carbocycles. The second-order valence-corrected chi connectivity index (χ2v) is 5.46. The molecule has 5 heteroatoms. The quantitative estimate of drug-likeness (QED) is 0.944. The van der Waals surface area contributed by atoms with E-state index in [9.17, 15) is 4.79 Å². The highest BCUT2D eigenvalue weighted by molar-refractivity contribution is 9.10. The summed E-state index contributed by atoms with van der Waals surface area (Å²) in [6.45, 7) is 1.33. The van der Waals surface area contributed by atoms with Crippen LogP contribution in [0.5, 0.6) is 0 Å². The fourth-order valence-corrected chi connectivity index (χ4v) is 2.70. The molecule has 4 nitrogen and oxygen atoms in total. The summed E-state index contributed by atoms with van der Waals surface area (Å²) in [5.41, 5.74) is 0.705. The van der Waals surface area contributed by atoms with Crippen molar-refractivity contribution in [2.75, 3.05) is 13.2 Å². The normalized spacial score (nSPS) is 18.9. The van der Waals surface area contributed by atoms with Crippen molar-refractivity contribution in [3.05, 3.63) is 34.5 Å². The maximum absolute atomic E-state index is 12.0. The van der Waals surface area contributed by atoms with E-state index in [4.69, 9.17) is 9.15 Å². The lowest BCUT2D eigenvalue weighted by Gasteiger charge is -2.09. The van der Waals surface area contributed by atoms with E-state index in [1.54, 1.807) is 6.07 Å². The summed E-state index contributed by atoms with van der Waals surface area (Å²) in [5.74, 6) is 0.137. The van der Waals surface area contributed by atoms with Crippen molar-refractivity contribution in [2.24, 2.45) is 0 Å². The third-order valence-corrected chi connectivity index (χ3v) is 3.94. The number of amides is 1. The Morgan fingerprint density at radius 3 is 3.11 bits per heavy atom. The molecule has 1 aliphatic heterocycles. The number of rotatable bonds is 3. The van der Waals surface area contributed by atoms with Crippen molar-refractivity contribution in [3.8, 4) is 0 Å². The minimum Gasteiger partial charge on any atom is -0.451 e. The predicted octanol–water partition coefficient (Wildman–Crippen LogP) is 3.10. The van der Waals surface area contributed by atoms with E-state index < -0.39 is 0 Å². The maximum atomic E-state index is 12.0. The highest BCUT2D eigenvalue weighted by Crippen LogP contribution is 2.26. The number of carbonyl (C=O) groups excluding carboxylic acids is 1. The van der Waals surface area contributed by atoms with Crippen LogP contribution < -0.4 is 5.32 Å². The van der Waals surface area contributed by atoms with Crippen LogP contribution >= 0.6 is 15.9 Å². The molecule has 100 valence electrons. The Bertz CT molecular complexity index is 602. The summed E-state index contributed by atoms with van der Waals surface area (Å²) in [6.07, 6.45) is 2.21. The second kappa shape index (κ2) is 5.35. The molecule has 1 atom stereocenters. The molecule has 1 aromatic heterocycles. The van der Waals surface area contributed by atoms with Crippen molar-refractivity contribution in [1.29, 1.82) is 0 Å². The van der Waals surface area contributed by atoms with Gasteiger partial charge in [0.2, 0.25) is 0 Å². The van der Waals surface area contributed by atoms with Crippen LogP contribution in [-0.2, 0) is 4.74 Å². The fraction of sp³-hybridized carbons (Fsp3) is 0.357. The van der Waals surface area contributed by atoms with Crippen molar-refractivity contribution in [3.63, 3.8) is 0 Å². The molecule has 2 heterocycles. The third kappa shape index (κ3) is 2.67. The van der Waals surface area contributed by atoms with Crippen LogP contribution in [0, 0.1) is 0 Å². The summed E-state index contributed by atoms with van der Waals surface area (Å²) in [7, 11) is 0. The molecule has 0 spiro atoms. The monoisotopic (exact) mass is 323 g/mol. The molecular weight excluding hydrogens is 310 g/mol. The molecule has 1 N–H and O–H groups in total. The van der Waals surface area contributed by atoms with Gasteiger partial charge in [-0.25, -0.2) is 0 Å². The van der Waals surface area contributed by atoms with Gasteiger partial charge in [-0.3, -0.25) is 4.79 Å². The number of fused-ring (bicyclic) bond motifs is 1. The van der Waals surface area contributed by atoms with Gasteiger partial charge in [-0.05, 0) is 31.0 Å². The first kappa shape index (κ1) is 12.7. The molecule has 1 unspecified atom stereocenters. The van der Waals surface area contributed by atoms with Gasteiger partial charge in [0.15, 0.2) is 5.76 Å². The van der Waals surface area contributed by atoms with Crippen LogP contribution in [0.2, 0.25) is 0 Å². The smallest absolute Gasteiger partial charge is 0.287 e. The lowest BCUT2D eigenvalue weighted by molar-refractivity contribution is 0.0837. The lowest BCUT2D eigenvalue weighted by atomic mass is 10.2. The Morgan fingerprint density at radius 1 is 1.47 bits per heavy atom. The number of carbonyl (C=O) groups is 1. The Hall–Kier alpha value is -1.33. The topological polar surface area (TPSA) is 51.5 Å². The molecule has 0 aliphatic carbocycles. The Kier molecular flexibility index (Phi) is 3.57. The van der Waals surface area contributed by atoms with E-state index in [0.717, 1.165) is 29.3 Å². The molecule has 19 heavy (non-hydrogen) atoms. The van der Waals surface area contributed by atoms with Crippen molar-refractivity contribution in [1.82, 2.24) is 5.32 Å². The van der Waals surface area contributed by atoms with Crippen LogP contribution in [0.1, 0.15) is 23.4 Å². The van der Waals surface area contributed by atoms with E-state index in [0.29, 0.717) is 17.9 Å². The summed E-state index contributed by atoms with van der Waals surface area (Å²) >= 11 is 3.44. The molecule has 0 saturated carbocycles. The van der Waals surface area contributed by atoms with Crippen LogP contribution in [0.25, 0.3) is 11.0 Å². The van der Waals surface area contributed by atoms with Gasteiger partial charge < -0.3 is 14.5 Å². The van der Waals surface area contributed by atoms with Crippen molar-refractivity contribution < 1.29 is 13.9 Å². The minimum absolute atomic E-state index is 0.139. The highest BCUT2D eigenvalue weighted by Gasteiger charge is 2.18. The summed E-state index contributed by atoms with van der Waals surface area (Å²) in [6, 6.07) is 7.40. The SMILES string of the molecule is O=C(NCC1CCCO1)c1cc2c(Br)cccc2o1. The molecule has 1 amide bonds. The van der Waals surface area contributed by atoms with Gasteiger partial charge in [-0.15, -0.1) is 0 Å². The van der Waals surface area contributed by atoms with Crippen molar-refractivity contribution >= 4 is 32.8 Å². The van der Waals surface area contributed by atoms with Gasteiger partial charge in [0.25, 0.3) is 5.91 Å². The molecule has 3 rings (SSSR count). The predicted molar refractivity (Wildman–Crippen MR) is 75.2 cm³/mol. The zero-order chi connectivity index (χ0) is 13.2. The summed E-state index contributed by atoms with van der Waals surface area (Å²) in [4.78, 5) is 12.0. The number of nitrogens with one attached hydrogen (secondary N) is 1. The number of hydrogen-bond acceptors (Lipinski definition) is 3. The highest BCUT2D eigenvalue weighted by atomic mass is 79.9. The van der Waals surface area contributed by atoms with Gasteiger partial charge in [0, 0.05) is 23.0 Å². The standard InChI is InChI=1S/C14H14BrNO3/c15-11-4-1-5-12-10(11)7-13(19-12)14(17)16-8-9-3-2-6-18-9/h1,4-5,7,9H,2-3,6,8H2,(H,16,17). The summed E-state index contributed by atoms with van der Waals surface area (Å²) in [5, 5.41) is 3.76. The zero-order valence-corrected chi connectivity index (χ0v) is 11.9. The maximum Gasteiger partial charge on any atom is 0.287 e. The zero-order valence-electron chi connectivity index (χ0n) is 10.3. The minimum atomic E-state index is -0.196. The number of furan rings is 1. The summed E-state index contributed by atoms with van der Waals surface area (Å²) < 4.78 is 11.9. The lowest BCUT2D eigenvalue weighted by Crippen LogP contribution is -2.31. The second-order valence-electron chi connectivity index (χ2n) is 4.61. The Morgan fingerprint density at radius 2 is 2.37 bits per heavy atom. The number of ether oxygens (including phenoxy) is 1. The number of hydrogen-bond donors (Lipinski definition) is 1. The van der Waals surface area contributed by atoms with Gasteiger partial charge in [0.05, 0.1) is 6.10 Å². The van der Waals surface area contributed by atoms with E-state index >= 15 is 0 Å². The Labute approximate surface area is 119 Å². The molecule has 0 bridgehead atoms. The fourth-order valence-electron chi connectivity index (χ4n) is 2.24. The van der Waals surface area contributed by atoms with Gasteiger partial charge in [-0.2, -0.15) is 0 Å². The van der Waals surface area contributed by atoms with Crippen LogP contribution in [-0.4, -0.2) is 25.2 Å². The third-order valence-electron chi connectivity index (χ3n) is 3.25. The molecule has 0 radical (unpaired) electrons. The van der Waals surface area contributed by atoms with Crippen LogP contribution in [0.3, 0.4) is 0 Å². The molecule has 1 saturated heterocycles. The van der Waals surface area contributed by atoms with Gasteiger partial charge in [-0.1, -0.05) is 22.0 Å². The van der Waals surface area contributed by atoms with E-state index in [1.165, 1.54) is 0 Å². The van der Waals surface area contributed by atoms with Gasteiger partial charge in [0.1, 0.15) is 5.58 Å². The first-order valence-corrected chi connectivity index (χ1v) is 7.11.